The number of nitrogens with zero attached hydrogens (tertiary/aromatic N) is 1. The standard InChI is InChI=1S/C6H5ClN.Li/c7-5-6-3-1-2-4-8-6;/h1-5H;/q-1;+1. The summed E-state index contributed by atoms with van der Waals surface area (Å²) in [6, 6.07) is 5.58. The van der Waals surface area contributed by atoms with Crippen molar-refractivity contribution in [3.8, 4) is 0 Å². The molecule has 1 rings (SSSR count). The first-order chi connectivity index (χ1) is 3.93. The van der Waals surface area contributed by atoms with Crippen LogP contribution in [-0.2, 0) is 0 Å². The van der Waals surface area contributed by atoms with Gasteiger partial charge in [0.2, 0.25) is 0 Å². The molecule has 1 heterocycles. The van der Waals surface area contributed by atoms with Crippen molar-refractivity contribution < 1.29 is 18.9 Å². The topological polar surface area (TPSA) is 12.9 Å². The van der Waals surface area contributed by atoms with Crippen molar-refractivity contribution in [2.24, 2.45) is 0 Å². The molecule has 0 amide bonds. The third-order valence-electron chi connectivity index (χ3n) is 0.800. The minimum Gasteiger partial charge on any atom is -0.294 e. The molecule has 0 aliphatic carbocycles. The second-order valence-corrected chi connectivity index (χ2v) is 1.58. The van der Waals surface area contributed by atoms with Gasteiger partial charge >= 0.3 is 18.9 Å². The summed E-state index contributed by atoms with van der Waals surface area (Å²) < 4.78 is 0. The molecule has 1 nitrogen and oxygen atoms in total. The average molecular weight is 134 g/mol. The largest absolute Gasteiger partial charge is 1.00 e. The Balaban J connectivity index is 0.000000640. The molecule has 3 heteroatoms. The van der Waals surface area contributed by atoms with Gasteiger partial charge in [-0.1, -0.05) is 11.8 Å². The first-order valence-electron chi connectivity index (χ1n) is 2.28. The van der Waals surface area contributed by atoms with E-state index in [0.29, 0.717) is 0 Å². The Kier molecular flexibility index (Phi) is 4.71. The van der Waals surface area contributed by atoms with Crippen LogP contribution in [0.15, 0.2) is 24.4 Å². The number of hydrogen-bond acceptors (Lipinski definition) is 1. The zero-order valence-electron chi connectivity index (χ0n) is 5.21. The molecule has 0 N–H and O–H groups in total. The first kappa shape index (κ1) is 8.91. The molecule has 0 aliphatic heterocycles. The van der Waals surface area contributed by atoms with Gasteiger partial charge in [-0.3, -0.25) is 4.98 Å². The van der Waals surface area contributed by atoms with Crippen molar-refractivity contribution >= 4 is 11.6 Å². The predicted octanol–water partition coefficient (Wildman–Crippen LogP) is -1.17. The van der Waals surface area contributed by atoms with Crippen LogP contribution in [0.4, 0.5) is 0 Å². The molecule has 1 aromatic heterocycles. The zero-order chi connectivity index (χ0) is 5.82. The van der Waals surface area contributed by atoms with E-state index in [1.807, 2.05) is 18.2 Å². The van der Waals surface area contributed by atoms with Crippen LogP contribution in [0.5, 0.6) is 0 Å². The smallest absolute Gasteiger partial charge is 0.294 e. The Labute approximate surface area is 71.6 Å². The van der Waals surface area contributed by atoms with E-state index in [-0.39, 0.29) is 18.9 Å². The Hall–Kier alpha value is -0.0926. The molecule has 0 saturated heterocycles. The third kappa shape index (κ3) is 2.81. The van der Waals surface area contributed by atoms with Crippen molar-refractivity contribution in [1.29, 1.82) is 0 Å². The van der Waals surface area contributed by atoms with Gasteiger partial charge in [-0.15, -0.1) is 11.9 Å². The molecule has 0 fully saturated rings. The molecular weight excluding hydrogens is 128 g/mol. The number of rotatable bonds is 1. The number of aromatic nitrogens is 1. The van der Waals surface area contributed by atoms with Crippen LogP contribution in [0, 0.1) is 5.88 Å². The molecule has 0 aliphatic rings. The Morgan fingerprint density at radius 2 is 2.22 bits per heavy atom. The van der Waals surface area contributed by atoms with Gasteiger partial charge in [-0.05, 0) is 0 Å². The molecular formula is C6H5ClLiN. The van der Waals surface area contributed by atoms with E-state index in [9.17, 15) is 0 Å². The minimum atomic E-state index is 0. The molecule has 0 radical (unpaired) electrons. The Morgan fingerprint density at radius 3 is 2.56 bits per heavy atom. The minimum absolute atomic E-state index is 0. The van der Waals surface area contributed by atoms with Crippen molar-refractivity contribution in [2.45, 2.75) is 0 Å². The summed E-state index contributed by atoms with van der Waals surface area (Å²) in [7, 11) is 0. The van der Waals surface area contributed by atoms with E-state index in [1.54, 1.807) is 6.20 Å². The maximum Gasteiger partial charge on any atom is 1.00 e. The van der Waals surface area contributed by atoms with E-state index in [0.717, 1.165) is 5.69 Å². The maximum atomic E-state index is 5.34. The maximum absolute atomic E-state index is 5.34. The van der Waals surface area contributed by atoms with Gasteiger partial charge in [0.1, 0.15) is 0 Å². The predicted molar refractivity (Wildman–Crippen MR) is 33.5 cm³/mol. The normalized spacial score (nSPS) is 7.67. The van der Waals surface area contributed by atoms with Crippen LogP contribution >= 0.6 is 11.6 Å². The molecule has 42 valence electrons. The number of pyridine rings is 1. The van der Waals surface area contributed by atoms with Crippen LogP contribution in [0.1, 0.15) is 5.69 Å². The molecule has 9 heavy (non-hydrogen) atoms. The van der Waals surface area contributed by atoms with Gasteiger partial charge in [0, 0.05) is 6.20 Å². The Bertz CT molecular complexity index is 154. The van der Waals surface area contributed by atoms with E-state index < -0.39 is 0 Å². The molecule has 0 atom stereocenters. The summed E-state index contributed by atoms with van der Waals surface area (Å²) in [5.74, 6) is 1.44. The van der Waals surface area contributed by atoms with Crippen LogP contribution in [0.3, 0.4) is 0 Å². The van der Waals surface area contributed by atoms with E-state index >= 15 is 0 Å². The van der Waals surface area contributed by atoms with Crippen LogP contribution in [-0.4, -0.2) is 4.98 Å². The Morgan fingerprint density at radius 1 is 1.44 bits per heavy atom. The fraction of sp³-hybridized carbons (Fsp3) is 0. The van der Waals surface area contributed by atoms with Gasteiger partial charge in [0.25, 0.3) is 0 Å². The molecule has 0 unspecified atom stereocenters. The summed E-state index contributed by atoms with van der Waals surface area (Å²) in [6.07, 6.45) is 1.70. The molecule has 0 bridgehead atoms. The summed E-state index contributed by atoms with van der Waals surface area (Å²) in [5, 5.41) is 0. The van der Waals surface area contributed by atoms with Gasteiger partial charge < -0.3 is 0 Å². The monoisotopic (exact) mass is 133 g/mol. The number of hydrogen-bond donors (Lipinski definition) is 0. The van der Waals surface area contributed by atoms with E-state index in [4.69, 9.17) is 11.6 Å². The van der Waals surface area contributed by atoms with Crippen molar-refractivity contribution in [3.63, 3.8) is 0 Å². The second-order valence-electron chi connectivity index (χ2n) is 1.36. The van der Waals surface area contributed by atoms with Crippen LogP contribution in [0.25, 0.3) is 0 Å². The van der Waals surface area contributed by atoms with Gasteiger partial charge in [0.15, 0.2) is 0 Å². The molecule has 0 aromatic carbocycles. The molecule has 1 aromatic rings. The fourth-order valence-corrected chi connectivity index (χ4v) is 0.570. The second kappa shape index (κ2) is 4.76. The van der Waals surface area contributed by atoms with E-state index in [1.165, 1.54) is 5.88 Å². The van der Waals surface area contributed by atoms with Gasteiger partial charge in [-0.25, -0.2) is 11.6 Å². The summed E-state index contributed by atoms with van der Waals surface area (Å²) >= 11 is 5.34. The summed E-state index contributed by atoms with van der Waals surface area (Å²) in [5.41, 5.74) is 0.800. The van der Waals surface area contributed by atoms with Crippen molar-refractivity contribution in [3.05, 3.63) is 36.0 Å². The van der Waals surface area contributed by atoms with Crippen LogP contribution in [0.2, 0.25) is 0 Å². The van der Waals surface area contributed by atoms with Crippen molar-refractivity contribution in [1.82, 2.24) is 4.98 Å². The molecule has 0 spiro atoms. The first-order valence-corrected chi connectivity index (χ1v) is 2.71. The fourth-order valence-electron chi connectivity index (χ4n) is 0.441. The van der Waals surface area contributed by atoms with E-state index in [2.05, 4.69) is 4.98 Å². The van der Waals surface area contributed by atoms with Gasteiger partial charge in [0.05, 0.1) is 0 Å². The zero-order valence-corrected chi connectivity index (χ0v) is 5.97. The number of halogens is 1. The third-order valence-corrected chi connectivity index (χ3v) is 1.02. The molecule has 0 saturated carbocycles. The average Bonchev–Trinajstić information content (AvgIpc) is 1.90. The van der Waals surface area contributed by atoms with Gasteiger partial charge in [-0.2, -0.15) is 6.07 Å². The van der Waals surface area contributed by atoms with Crippen LogP contribution < -0.4 is 18.9 Å². The summed E-state index contributed by atoms with van der Waals surface area (Å²) in [6.45, 7) is 0. The quantitative estimate of drug-likeness (QED) is 0.348. The summed E-state index contributed by atoms with van der Waals surface area (Å²) in [4.78, 5) is 3.91. The SMILES string of the molecule is Cl[CH-]c1ccccn1.[Li+]. The van der Waals surface area contributed by atoms with Crippen molar-refractivity contribution in [2.75, 3.05) is 0 Å².